The molecule has 0 aliphatic rings. The minimum atomic E-state index is -0.171. The van der Waals surface area contributed by atoms with Crippen LogP contribution in [0, 0.1) is 25.5 Å². The molecule has 0 aliphatic carbocycles. The van der Waals surface area contributed by atoms with Gasteiger partial charge in [-0.2, -0.15) is 0 Å². The van der Waals surface area contributed by atoms with Crippen LogP contribution in [0.4, 0.5) is 8.78 Å². The van der Waals surface area contributed by atoms with Crippen molar-refractivity contribution < 1.29 is 8.78 Å². The number of hydrogen-bond donors (Lipinski definition) is 0. The van der Waals surface area contributed by atoms with E-state index in [4.69, 9.17) is 0 Å². The molecule has 0 bridgehead atoms. The average Bonchev–Trinajstić information content (AvgIpc) is 2.46. The summed E-state index contributed by atoms with van der Waals surface area (Å²) in [5, 5.41) is 0. The lowest BCUT2D eigenvalue weighted by atomic mass is 10.2. The van der Waals surface area contributed by atoms with E-state index in [0.29, 0.717) is 0 Å². The van der Waals surface area contributed by atoms with Crippen LogP contribution >= 0.6 is 0 Å². The van der Waals surface area contributed by atoms with E-state index < -0.39 is 0 Å². The third-order valence-corrected chi connectivity index (χ3v) is 1.99. The molecular formula is C19H28F2. The predicted molar refractivity (Wildman–Crippen MR) is 89.6 cm³/mol. The van der Waals surface area contributed by atoms with E-state index in [1.807, 2.05) is 33.8 Å². The highest BCUT2D eigenvalue weighted by Gasteiger charge is 1.85. The first-order chi connectivity index (χ1) is 9.99. The van der Waals surface area contributed by atoms with Crippen LogP contribution in [0.2, 0.25) is 0 Å². The largest absolute Gasteiger partial charge is 0.207 e. The summed E-state index contributed by atoms with van der Waals surface area (Å²) in [6.45, 7) is 12.0. The second-order valence-corrected chi connectivity index (χ2v) is 4.30. The standard InChI is InChI=1S/2C7H7F.C3H8.C2H6/c1-6-2-4-7(8)5-3-6;1-6-3-2-4-7(8)5-6;1-3-2;1-2/h2*2-5H,1H3;3H2,1-2H3;1-2H3. The fourth-order valence-electron chi connectivity index (χ4n) is 1.14. The number of rotatable bonds is 0. The summed E-state index contributed by atoms with van der Waals surface area (Å²) < 4.78 is 24.3. The Morgan fingerprint density at radius 2 is 1.19 bits per heavy atom. The third-order valence-electron chi connectivity index (χ3n) is 1.99. The van der Waals surface area contributed by atoms with Gasteiger partial charge in [-0.1, -0.05) is 63.9 Å². The fourth-order valence-corrected chi connectivity index (χ4v) is 1.14. The van der Waals surface area contributed by atoms with Gasteiger partial charge in [-0.3, -0.25) is 0 Å². The van der Waals surface area contributed by atoms with Crippen molar-refractivity contribution >= 4 is 0 Å². The summed E-state index contributed by atoms with van der Waals surface area (Å²) in [4.78, 5) is 0. The van der Waals surface area contributed by atoms with Gasteiger partial charge in [-0.15, -0.1) is 0 Å². The highest BCUT2D eigenvalue weighted by Crippen LogP contribution is 2.00. The van der Waals surface area contributed by atoms with Gasteiger partial charge in [0.25, 0.3) is 0 Å². The van der Waals surface area contributed by atoms with E-state index in [-0.39, 0.29) is 11.6 Å². The Labute approximate surface area is 128 Å². The molecule has 118 valence electrons. The molecule has 0 spiro atoms. The summed E-state index contributed by atoms with van der Waals surface area (Å²) >= 11 is 0. The molecule has 2 aromatic rings. The van der Waals surface area contributed by atoms with E-state index in [2.05, 4.69) is 13.8 Å². The number of aryl methyl sites for hydroxylation is 2. The molecule has 0 aromatic heterocycles. The Hall–Kier alpha value is -1.70. The molecule has 21 heavy (non-hydrogen) atoms. The molecule has 0 heterocycles. The highest BCUT2D eigenvalue weighted by atomic mass is 19.1. The van der Waals surface area contributed by atoms with Gasteiger partial charge in [0.05, 0.1) is 0 Å². The van der Waals surface area contributed by atoms with Crippen molar-refractivity contribution in [2.45, 2.75) is 48.0 Å². The molecule has 0 N–H and O–H groups in total. The zero-order valence-electron chi connectivity index (χ0n) is 14.1. The van der Waals surface area contributed by atoms with Crippen LogP contribution in [0.1, 0.15) is 45.2 Å². The molecule has 2 heteroatoms. The molecule has 0 aliphatic heterocycles. The SMILES string of the molecule is CC.CCC.Cc1ccc(F)cc1.Cc1cccc(F)c1. The van der Waals surface area contributed by atoms with Crippen molar-refractivity contribution in [2.75, 3.05) is 0 Å². The van der Waals surface area contributed by atoms with E-state index in [1.165, 1.54) is 30.7 Å². The van der Waals surface area contributed by atoms with Crippen LogP contribution in [0.3, 0.4) is 0 Å². The Bertz CT molecular complexity index is 409. The molecule has 0 atom stereocenters. The van der Waals surface area contributed by atoms with Gasteiger partial charge in [-0.05, 0) is 43.7 Å². The van der Waals surface area contributed by atoms with Crippen LogP contribution in [0.25, 0.3) is 0 Å². The predicted octanol–water partition coefficient (Wildman–Crippen LogP) is 6.71. The minimum absolute atomic E-state index is 0.162. The molecule has 0 fully saturated rings. The smallest absolute Gasteiger partial charge is 0.123 e. The van der Waals surface area contributed by atoms with Crippen molar-refractivity contribution in [3.05, 3.63) is 71.3 Å². The lowest BCUT2D eigenvalue weighted by molar-refractivity contribution is 0.626. The summed E-state index contributed by atoms with van der Waals surface area (Å²) in [7, 11) is 0. The van der Waals surface area contributed by atoms with Gasteiger partial charge in [-0.25, -0.2) is 8.78 Å². The Balaban J connectivity index is 0. The minimum Gasteiger partial charge on any atom is -0.207 e. The summed E-state index contributed by atoms with van der Waals surface area (Å²) in [5.41, 5.74) is 2.05. The molecule has 0 saturated heterocycles. The van der Waals surface area contributed by atoms with Gasteiger partial charge in [0.1, 0.15) is 11.6 Å². The maximum atomic E-state index is 12.2. The Kier molecular flexibility index (Phi) is 15.1. The quantitative estimate of drug-likeness (QED) is 0.506. The molecule has 2 aromatic carbocycles. The van der Waals surface area contributed by atoms with E-state index in [1.54, 1.807) is 18.2 Å². The summed E-state index contributed by atoms with van der Waals surface area (Å²) in [6.07, 6.45) is 1.25. The van der Waals surface area contributed by atoms with Crippen LogP contribution in [0.5, 0.6) is 0 Å². The van der Waals surface area contributed by atoms with E-state index in [9.17, 15) is 8.78 Å². The van der Waals surface area contributed by atoms with Crippen LogP contribution in [0.15, 0.2) is 48.5 Å². The van der Waals surface area contributed by atoms with Crippen molar-refractivity contribution in [2.24, 2.45) is 0 Å². The Morgan fingerprint density at radius 3 is 1.48 bits per heavy atom. The Morgan fingerprint density at radius 1 is 0.714 bits per heavy atom. The van der Waals surface area contributed by atoms with Gasteiger partial charge >= 0.3 is 0 Å². The fraction of sp³-hybridized carbons (Fsp3) is 0.368. The maximum absolute atomic E-state index is 12.2. The van der Waals surface area contributed by atoms with Crippen molar-refractivity contribution in [1.82, 2.24) is 0 Å². The van der Waals surface area contributed by atoms with E-state index >= 15 is 0 Å². The van der Waals surface area contributed by atoms with Crippen LogP contribution in [-0.4, -0.2) is 0 Å². The molecule has 0 nitrogen and oxygen atoms in total. The second kappa shape index (κ2) is 14.7. The van der Waals surface area contributed by atoms with Crippen molar-refractivity contribution in [1.29, 1.82) is 0 Å². The third kappa shape index (κ3) is 14.5. The summed E-state index contributed by atoms with van der Waals surface area (Å²) in [6, 6.07) is 12.9. The first-order valence-corrected chi connectivity index (χ1v) is 7.43. The van der Waals surface area contributed by atoms with Crippen molar-refractivity contribution in [3.8, 4) is 0 Å². The first-order valence-electron chi connectivity index (χ1n) is 7.43. The zero-order valence-corrected chi connectivity index (χ0v) is 14.1. The first kappa shape index (κ1) is 21.6. The van der Waals surface area contributed by atoms with Gasteiger partial charge in [0.15, 0.2) is 0 Å². The summed E-state index contributed by atoms with van der Waals surface area (Å²) in [5.74, 6) is -0.333. The molecule has 0 unspecified atom stereocenters. The topological polar surface area (TPSA) is 0 Å². The monoisotopic (exact) mass is 294 g/mol. The lowest BCUT2D eigenvalue weighted by Gasteiger charge is -1.87. The van der Waals surface area contributed by atoms with Gasteiger partial charge in [0, 0.05) is 0 Å². The van der Waals surface area contributed by atoms with Crippen LogP contribution < -0.4 is 0 Å². The highest BCUT2D eigenvalue weighted by molar-refractivity contribution is 5.14. The van der Waals surface area contributed by atoms with Gasteiger partial charge < -0.3 is 0 Å². The maximum Gasteiger partial charge on any atom is 0.123 e. The molecule has 0 amide bonds. The lowest BCUT2D eigenvalue weighted by Crippen LogP contribution is -1.72. The zero-order chi connectivity index (χ0) is 16.7. The van der Waals surface area contributed by atoms with E-state index in [0.717, 1.165) is 11.1 Å². The number of hydrogen-bond acceptors (Lipinski definition) is 0. The van der Waals surface area contributed by atoms with Crippen LogP contribution in [-0.2, 0) is 0 Å². The molecule has 0 saturated carbocycles. The number of halogens is 2. The molecule has 0 radical (unpaired) electrons. The average molecular weight is 294 g/mol. The number of benzene rings is 2. The van der Waals surface area contributed by atoms with Crippen molar-refractivity contribution in [3.63, 3.8) is 0 Å². The van der Waals surface area contributed by atoms with Gasteiger partial charge in [0.2, 0.25) is 0 Å². The normalized spacial score (nSPS) is 8.19. The molecule has 2 rings (SSSR count). The molecular weight excluding hydrogens is 266 g/mol. The second-order valence-electron chi connectivity index (χ2n) is 4.30.